The van der Waals surface area contributed by atoms with E-state index in [0.717, 1.165) is 12.2 Å². The molecule has 0 heterocycles. The zero-order valence-corrected chi connectivity index (χ0v) is 14.0. The van der Waals surface area contributed by atoms with E-state index in [0.29, 0.717) is 25.3 Å². The van der Waals surface area contributed by atoms with E-state index in [1.807, 2.05) is 20.8 Å². The van der Waals surface area contributed by atoms with Gasteiger partial charge in [0.25, 0.3) is 5.91 Å². The largest absolute Gasteiger partial charge is 0.494 e. The number of methoxy groups -OCH3 is 1. The average Bonchev–Trinajstić information content (AvgIpc) is 2.51. The molecule has 1 unspecified atom stereocenters. The molecule has 0 bridgehead atoms. The monoisotopic (exact) mass is 308 g/mol. The van der Waals surface area contributed by atoms with Gasteiger partial charge in [-0.15, -0.1) is 0 Å². The van der Waals surface area contributed by atoms with Gasteiger partial charge in [-0.2, -0.15) is 0 Å². The zero-order valence-electron chi connectivity index (χ0n) is 14.0. The maximum absolute atomic E-state index is 12.3. The van der Waals surface area contributed by atoms with E-state index in [-0.39, 0.29) is 11.8 Å². The van der Waals surface area contributed by atoms with Gasteiger partial charge in [0.05, 0.1) is 12.1 Å². The highest BCUT2D eigenvalue weighted by molar-refractivity contribution is 5.94. The molecule has 0 aromatic heterocycles. The van der Waals surface area contributed by atoms with Crippen LogP contribution in [0.3, 0.4) is 0 Å². The number of hydrogen-bond acceptors (Lipinski definition) is 4. The van der Waals surface area contributed by atoms with Crippen molar-refractivity contribution in [2.24, 2.45) is 11.7 Å². The van der Waals surface area contributed by atoms with Crippen molar-refractivity contribution < 1.29 is 14.3 Å². The van der Waals surface area contributed by atoms with Crippen LogP contribution in [0.25, 0.3) is 0 Å². The molecule has 22 heavy (non-hydrogen) atoms. The Balaban J connectivity index is 2.60. The summed E-state index contributed by atoms with van der Waals surface area (Å²) >= 11 is 0. The van der Waals surface area contributed by atoms with Gasteiger partial charge in [0.15, 0.2) is 0 Å². The maximum atomic E-state index is 12.3. The Morgan fingerprint density at radius 3 is 2.41 bits per heavy atom. The van der Waals surface area contributed by atoms with Crippen LogP contribution in [-0.4, -0.2) is 38.3 Å². The van der Waals surface area contributed by atoms with Crippen molar-refractivity contribution in [2.75, 3.05) is 26.9 Å². The molecular formula is C17H28N2O3. The summed E-state index contributed by atoms with van der Waals surface area (Å²) in [4.78, 5) is 12.3. The van der Waals surface area contributed by atoms with Gasteiger partial charge in [-0.3, -0.25) is 4.79 Å². The predicted octanol–water partition coefficient (Wildman–Crippen LogP) is 2.21. The van der Waals surface area contributed by atoms with Crippen molar-refractivity contribution in [2.45, 2.75) is 32.7 Å². The first-order valence-electron chi connectivity index (χ1n) is 7.67. The fourth-order valence-electron chi connectivity index (χ4n) is 1.86. The molecule has 124 valence electrons. The number of nitrogens with one attached hydrogen (secondary N) is 1. The third-order valence-corrected chi connectivity index (χ3v) is 3.98. The first-order valence-corrected chi connectivity index (χ1v) is 7.67. The molecule has 1 aromatic rings. The van der Waals surface area contributed by atoms with Gasteiger partial charge in [-0.1, -0.05) is 13.8 Å². The number of ether oxygens (including phenoxy) is 2. The summed E-state index contributed by atoms with van der Waals surface area (Å²) in [7, 11) is 1.67. The van der Waals surface area contributed by atoms with Crippen LogP contribution in [0.15, 0.2) is 24.3 Å². The molecule has 1 atom stereocenters. The number of rotatable bonds is 9. The van der Waals surface area contributed by atoms with Crippen LogP contribution in [0.2, 0.25) is 0 Å². The molecule has 0 aliphatic carbocycles. The molecule has 0 saturated heterocycles. The topological polar surface area (TPSA) is 73.6 Å². The smallest absolute Gasteiger partial charge is 0.251 e. The summed E-state index contributed by atoms with van der Waals surface area (Å²) in [5.41, 5.74) is 5.98. The van der Waals surface area contributed by atoms with Crippen LogP contribution in [0.5, 0.6) is 5.75 Å². The number of amides is 1. The third kappa shape index (κ3) is 5.31. The lowest BCUT2D eigenvalue weighted by atomic mass is 9.88. The van der Waals surface area contributed by atoms with E-state index in [9.17, 15) is 4.79 Å². The van der Waals surface area contributed by atoms with E-state index in [1.54, 1.807) is 31.4 Å². The Morgan fingerprint density at radius 1 is 1.27 bits per heavy atom. The summed E-state index contributed by atoms with van der Waals surface area (Å²) in [5, 5.41) is 3.02. The summed E-state index contributed by atoms with van der Waals surface area (Å²) < 4.78 is 10.5. The number of benzene rings is 1. The Labute approximate surface area is 133 Å². The number of nitrogens with two attached hydrogens (primary N) is 1. The highest BCUT2D eigenvalue weighted by Gasteiger charge is 2.28. The van der Waals surface area contributed by atoms with Crippen LogP contribution in [-0.2, 0) is 4.74 Å². The second-order valence-electron chi connectivity index (χ2n) is 5.95. The van der Waals surface area contributed by atoms with E-state index < -0.39 is 5.54 Å². The van der Waals surface area contributed by atoms with Crippen molar-refractivity contribution in [3.63, 3.8) is 0 Å². The average molecular weight is 308 g/mol. The molecule has 0 spiro atoms. The fraction of sp³-hybridized carbons (Fsp3) is 0.588. The minimum absolute atomic E-state index is 0.118. The van der Waals surface area contributed by atoms with Gasteiger partial charge < -0.3 is 20.5 Å². The summed E-state index contributed by atoms with van der Waals surface area (Å²) in [6, 6.07) is 7.13. The molecule has 3 N–H and O–H groups in total. The predicted molar refractivity (Wildman–Crippen MR) is 88.2 cm³/mol. The van der Waals surface area contributed by atoms with E-state index in [1.165, 1.54) is 0 Å². The molecule has 0 fully saturated rings. The Hall–Kier alpha value is -1.59. The Bertz CT molecular complexity index is 459. The first-order chi connectivity index (χ1) is 10.4. The molecule has 1 aromatic carbocycles. The second kappa shape index (κ2) is 8.76. The quantitative estimate of drug-likeness (QED) is 0.686. The SMILES string of the molecule is COCCCOc1ccc(C(=O)NC(C)(CN)C(C)C)cc1. The zero-order chi connectivity index (χ0) is 16.6. The molecule has 0 aliphatic heterocycles. The molecule has 0 radical (unpaired) electrons. The molecular weight excluding hydrogens is 280 g/mol. The molecule has 5 nitrogen and oxygen atoms in total. The minimum atomic E-state index is -0.410. The normalized spacial score (nSPS) is 13.7. The van der Waals surface area contributed by atoms with E-state index >= 15 is 0 Å². The standard InChI is InChI=1S/C17H28N2O3/c1-13(2)17(3,12-18)19-16(20)14-6-8-15(9-7-14)22-11-5-10-21-4/h6-9,13H,5,10-12,18H2,1-4H3,(H,19,20). The van der Waals surface area contributed by atoms with E-state index in [4.69, 9.17) is 15.2 Å². The van der Waals surface area contributed by atoms with Crippen molar-refractivity contribution in [3.8, 4) is 5.75 Å². The lowest BCUT2D eigenvalue weighted by Crippen LogP contribution is -2.55. The molecule has 0 aliphatic rings. The fourth-order valence-corrected chi connectivity index (χ4v) is 1.86. The maximum Gasteiger partial charge on any atom is 0.251 e. The van der Waals surface area contributed by atoms with Crippen molar-refractivity contribution in [1.82, 2.24) is 5.32 Å². The van der Waals surface area contributed by atoms with Crippen LogP contribution in [0.1, 0.15) is 37.6 Å². The summed E-state index contributed by atoms with van der Waals surface area (Å²) in [6.07, 6.45) is 0.835. The summed E-state index contributed by atoms with van der Waals surface area (Å²) in [5.74, 6) is 0.885. The third-order valence-electron chi connectivity index (χ3n) is 3.98. The Morgan fingerprint density at radius 2 is 1.91 bits per heavy atom. The van der Waals surface area contributed by atoms with Crippen molar-refractivity contribution >= 4 is 5.91 Å². The highest BCUT2D eigenvalue weighted by atomic mass is 16.5. The first kappa shape index (κ1) is 18.5. The van der Waals surface area contributed by atoms with Crippen molar-refractivity contribution in [1.29, 1.82) is 0 Å². The van der Waals surface area contributed by atoms with Gasteiger partial charge in [0.1, 0.15) is 5.75 Å². The molecule has 1 amide bonds. The van der Waals surface area contributed by atoms with Gasteiger partial charge in [-0.25, -0.2) is 0 Å². The van der Waals surface area contributed by atoms with Crippen LogP contribution >= 0.6 is 0 Å². The lowest BCUT2D eigenvalue weighted by Gasteiger charge is -2.33. The van der Waals surface area contributed by atoms with Crippen LogP contribution in [0.4, 0.5) is 0 Å². The van der Waals surface area contributed by atoms with Gasteiger partial charge in [0.2, 0.25) is 0 Å². The second-order valence-corrected chi connectivity index (χ2v) is 5.95. The molecule has 5 heteroatoms. The Kier molecular flexibility index (Phi) is 7.35. The number of hydrogen-bond donors (Lipinski definition) is 2. The van der Waals surface area contributed by atoms with Gasteiger partial charge in [0, 0.05) is 32.2 Å². The molecule has 1 rings (SSSR count). The van der Waals surface area contributed by atoms with E-state index in [2.05, 4.69) is 5.32 Å². The van der Waals surface area contributed by atoms with Gasteiger partial charge >= 0.3 is 0 Å². The molecule has 0 saturated carbocycles. The van der Waals surface area contributed by atoms with Gasteiger partial charge in [-0.05, 0) is 37.1 Å². The summed E-state index contributed by atoms with van der Waals surface area (Å²) in [6.45, 7) is 7.72. The lowest BCUT2D eigenvalue weighted by molar-refractivity contribution is 0.0883. The highest BCUT2D eigenvalue weighted by Crippen LogP contribution is 2.17. The van der Waals surface area contributed by atoms with Crippen molar-refractivity contribution in [3.05, 3.63) is 29.8 Å². The number of carbonyl (C=O) groups excluding carboxylic acids is 1. The minimum Gasteiger partial charge on any atom is -0.494 e. The van der Waals surface area contributed by atoms with Crippen LogP contribution < -0.4 is 15.8 Å². The number of carbonyl (C=O) groups is 1. The van der Waals surface area contributed by atoms with Crippen LogP contribution in [0, 0.1) is 5.92 Å².